The van der Waals surface area contributed by atoms with Crippen LogP contribution in [-0.4, -0.2) is 50.3 Å². The summed E-state index contributed by atoms with van der Waals surface area (Å²) in [4.78, 5) is 14.4. The Balaban J connectivity index is 0.00000220. The number of nitrogens with two attached hydrogens (primary N) is 1. The van der Waals surface area contributed by atoms with Crippen molar-refractivity contribution in [1.82, 2.24) is 4.90 Å². The van der Waals surface area contributed by atoms with E-state index < -0.39 is 0 Å². The summed E-state index contributed by atoms with van der Waals surface area (Å²) < 4.78 is 10.6. The fraction of sp³-hybridized carbons (Fsp3) is 0.533. The molecule has 1 saturated heterocycles. The number of nitrogens with zero attached hydrogens (tertiary/aromatic N) is 1. The molecule has 1 amide bonds. The first-order valence-corrected chi connectivity index (χ1v) is 6.98. The predicted octanol–water partition coefficient (Wildman–Crippen LogP) is 1.70. The molecule has 0 aromatic heterocycles. The van der Waals surface area contributed by atoms with E-state index in [-0.39, 0.29) is 24.4 Å². The molecular weight excluding hydrogens is 292 g/mol. The molecule has 1 aromatic rings. The van der Waals surface area contributed by atoms with Crippen LogP contribution in [0.25, 0.3) is 0 Å². The van der Waals surface area contributed by atoms with Gasteiger partial charge in [-0.2, -0.15) is 0 Å². The van der Waals surface area contributed by atoms with Crippen LogP contribution in [0.3, 0.4) is 0 Å². The molecule has 1 aliphatic rings. The molecule has 118 valence electrons. The van der Waals surface area contributed by atoms with Gasteiger partial charge >= 0.3 is 0 Å². The second kappa shape index (κ2) is 8.87. The lowest BCUT2D eigenvalue weighted by Gasteiger charge is -2.30. The van der Waals surface area contributed by atoms with Crippen molar-refractivity contribution in [2.24, 2.45) is 5.73 Å². The molecule has 2 N–H and O–H groups in total. The van der Waals surface area contributed by atoms with Crippen LogP contribution >= 0.6 is 12.4 Å². The van der Waals surface area contributed by atoms with E-state index in [1.807, 2.05) is 23.1 Å². The highest BCUT2D eigenvalue weighted by Gasteiger charge is 2.23. The zero-order valence-corrected chi connectivity index (χ0v) is 13.1. The third-order valence-electron chi connectivity index (χ3n) is 3.49. The largest absolute Gasteiger partial charge is 0.490 e. The van der Waals surface area contributed by atoms with E-state index in [1.165, 1.54) is 0 Å². The number of hydrogen-bond acceptors (Lipinski definition) is 4. The molecule has 2 rings (SSSR count). The first-order valence-electron chi connectivity index (χ1n) is 6.98. The summed E-state index contributed by atoms with van der Waals surface area (Å²) in [5.41, 5.74) is 6.48. The molecule has 1 heterocycles. The topological polar surface area (TPSA) is 64.8 Å². The Morgan fingerprint density at radius 2 is 1.95 bits per heavy atom. The van der Waals surface area contributed by atoms with Crippen LogP contribution in [0.5, 0.6) is 5.75 Å². The lowest BCUT2D eigenvalue weighted by atomic mass is 10.0. The number of amides is 1. The van der Waals surface area contributed by atoms with Crippen LogP contribution in [-0.2, 0) is 4.74 Å². The number of likely N-dealkylation sites (tertiary alicyclic amines) is 1. The second-order valence-electron chi connectivity index (χ2n) is 4.97. The fourth-order valence-electron chi connectivity index (χ4n) is 2.28. The van der Waals surface area contributed by atoms with Crippen molar-refractivity contribution < 1.29 is 14.3 Å². The zero-order valence-electron chi connectivity index (χ0n) is 12.3. The van der Waals surface area contributed by atoms with Crippen molar-refractivity contribution in [2.45, 2.75) is 18.9 Å². The van der Waals surface area contributed by atoms with E-state index in [0.29, 0.717) is 37.6 Å². The molecule has 5 nitrogen and oxygen atoms in total. The predicted molar refractivity (Wildman–Crippen MR) is 84.2 cm³/mol. The zero-order chi connectivity index (χ0) is 14.4. The maximum absolute atomic E-state index is 12.5. The van der Waals surface area contributed by atoms with Gasteiger partial charge in [-0.3, -0.25) is 4.79 Å². The summed E-state index contributed by atoms with van der Waals surface area (Å²) in [6, 6.07) is 7.56. The summed E-state index contributed by atoms with van der Waals surface area (Å²) in [5, 5.41) is 0. The van der Waals surface area contributed by atoms with Crippen LogP contribution in [0.15, 0.2) is 24.3 Å². The molecule has 21 heavy (non-hydrogen) atoms. The highest BCUT2D eigenvalue weighted by Crippen LogP contribution is 2.21. The minimum atomic E-state index is 0. The van der Waals surface area contributed by atoms with Gasteiger partial charge in [-0.1, -0.05) is 12.1 Å². The normalized spacial score (nSPS) is 15.4. The minimum absolute atomic E-state index is 0. The van der Waals surface area contributed by atoms with Crippen molar-refractivity contribution in [2.75, 3.05) is 33.4 Å². The van der Waals surface area contributed by atoms with Crippen LogP contribution in [0, 0.1) is 0 Å². The van der Waals surface area contributed by atoms with Gasteiger partial charge in [-0.15, -0.1) is 12.4 Å². The molecule has 0 bridgehead atoms. The SMILES string of the molecule is COCCOc1ccccc1C(=O)N1CCC(N)CC1.Cl. The second-order valence-corrected chi connectivity index (χ2v) is 4.97. The van der Waals surface area contributed by atoms with Gasteiger partial charge in [-0.25, -0.2) is 0 Å². The van der Waals surface area contributed by atoms with Gasteiger partial charge in [0.1, 0.15) is 12.4 Å². The molecule has 1 aliphatic heterocycles. The van der Waals surface area contributed by atoms with Gasteiger partial charge in [0.15, 0.2) is 0 Å². The Bertz CT molecular complexity index is 448. The number of carbonyl (C=O) groups excluding carboxylic acids is 1. The Morgan fingerprint density at radius 3 is 2.62 bits per heavy atom. The molecule has 1 aromatic carbocycles. The molecular formula is C15H23ClN2O3. The molecule has 0 spiro atoms. The first-order chi connectivity index (χ1) is 9.72. The number of benzene rings is 1. The van der Waals surface area contributed by atoms with Crippen LogP contribution < -0.4 is 10.5 Å². The van der Waals surface area contributed by atoms with Crippen molar-refractivity contribution in [1.29, 1.82) is 0 Å². The number of carbonyl (C=O) groups is 1. The average molecular weight is 315 g/mol. The van der Waals surface area contributed by atoms with E-state index >= 15 is 0 Å². The van der Waals surface area contributed by atoms with Crippen molar-refractivity contribution >= 4 is 18.3 Å². The van der Waals surface area contributed by atoms with E-state index in [2.05, 4.69) is 0 Å². The lowest BCUT2D eigenvalue weighted by Crippen LogP contribution is -2.42. The fourth-order valence-corrected chi connectivity index (χ4v) is 2.28. The van der Waals surface area contributed by atoms with Gasteiger partial charge in [0, 0.05) is 26.2 Å². The number of ether oxygens (including phenoxy) is 2. The molecule has 6 heteroatoms. The monoisotopic (exact) mass is 314 g/mol. The van der Waals surface area contributed by atoms with Gasteiger partial charge in [0.05, 0.1) is 12.2 Å². The summed E-state index contributed by atoms with van der Waals surface area (Å²) >= 11 is 0. The van der Waals surface area contributed by atoms with E-state index in [0.717, 1.165) is 12.8 Å². The number of rotatable bonds is 5. The lowest BCUT2D eigenvalue weighted by molar-refractivity contribution is 0.0708. The summed E-state index contributed by atoms with van der Waals surface area (Å²) in [5.74, 6) is 0.634. The first kappa shape index (κ1) is 17.8. The maximum Gasteiger partial charge on any atom is 0.257 e. The highest BCUT2D eigenvalue weighted by molar-refractivity contribution is 5.97. The number of para-hydroxylation sites is 1. The molecule has 0 aliphatic carbocycles. The summed E-state index contributed by atoms with van der Waals surface area (Å²) in [6.45, 7) is 2.37. The molecule has 0 atom stereocenters. The number of piperidine rings is 1. The van der Waals surface area contributed by atoms with Gasteiger partial charge in [0.25, 0.3) is 5.91 Å². The Kier molecular flexibility index (Phi) is 7.50. The number of halogens is 1. The number of hydrogen-bond donors (Lipinski definition) is 1. The minimum Gasteiger partial charge on any atom is -0.490 e. The quantitative estimate of drug-likeness (QED) is 0.840. The molecule has 0 saturated carbocycles. The molecule has 1 fully saturated rings. The van der Waals surface area contributed by atoms with Crippen molar-refractivity contribution in [3.05, 3.63) is 29.8 Å². The van der Waals surface area contributed by atoms with Crippen LogP contribution in [0.4, 0.5) is 0 Å². The van der Waals surface area contributed by atoms with E-state index in [9.17, 15) is 4.79 Å². The summed E-state index contributed by atoms with van der Waals surface area (Å²) in [7, 11) is 1.62. The van der Waals surface area contributed by atoms with Crippen molar-refractivity contribution in [3.63, 3.8) is 0 Å². The van der Waals surface area contributed by atoms with Crippen LogP contribution in [0.1, 0.15) is 23.2 Å². The molecule has 0 unspecified atom stereocenters. The van der Waals surface area contributed by atoms with Gasteiger partial charge in [0.2, 0.25) is 0 Å². The van der Waals surface area contributed by atoms with Crippen LogP contribution in [0.2, 0.25) is 0 Å². The smallest absolute Gasteiger partial charge is 0.257 e. The highest BCUT2D eigenvalue weighted by atomic mass is 35.5. The van der Waals surface area contributed by atoms with Gasteiger partial charge < -0.3 is 20.1 Å². The Hall–Kier alpha value is -1.30. The van der Waals surface area contributed by atoms with E-state index in [4.69, 9.17) is 15.2 Å². The Labute approximate surface area is 131 Å². The van der Waals surface area contributed by atoms with Gasteiger partial charge in [-0.05, 0) is 25.0 Å². The van der Waals surface area contributed by atoms with E-state index in [1.54, 1.807) is 13.2 Å². The molecule has 0 radical (unpaired) electrons. The standard InChI is InChI=1S/C15H22N2O3.ClH/c1-19-10-11-20-14-5-3-2-4-13(14)15(18)17-8-6-12(16)7-9-17;/h2-5,12H,6-11,16H2,1H3;1H. The maximum atomic E-state index is 12.5. The average Bonchev–Trinajstić information content (AvgIpc) is 2.48. The number of methoxy groups -OCH3 is 1. The third-order valence-corrected chi connectivity index (χ3v) is 3.49. The summed E-state index contributed by atoms with van der Waals surface area (Å²) in [6.07, 6.45) is 1.72. The third kappa shape index (κ3) is 4.88. The Morgan fingerprint density at radius 1 is 1.29 bits per heavy atom. The van der Waals surface area contributed by atoms with Crippen molar-refractivity contribution in [3.8, 4) is 5.75 Å².